The third-order valence-electron chi connectivity index (χ3n) is 10.5. The highest BCUT2D eigenvalue weighted by Crippen LogP contribution is 2.14. The molecule has 0 rings (SSSR count). The molecule has 0 radical (unpaired) electrons. The highest BCUT2D eigenvalue weighted by atomic mass is 16.6. The third kappa shape index (κ3) is 44.5. The van der Waals surface area contributed by atoms with E-state index in [1.165, 1.54) is 96.3 Å². The second kappa shape index (κ2) is 47.1. The first kappa shape index (κ1) is 55.4. The lowest BCUT2D eigenvalue weighted by Gasteiger charge is -2.18. The van der Waals surface area contributed by atoms with E-state index in [4.69, 9.17) is 14.2 Å². The highest BCUT2D eigenvalue weighted by Gasteiger charge is 2.19. The average Bonchev–Trinajstić information content (AvgIpc) is 3.22. The molecule has 58 heavy (non-hydrogen) atoms. The number of allylic oxidation sites excluding steroid dienone is 8. The molecule has 0 heterocycles. The van der Waals surface area contributed by atoms with Crippen molar-refractivity contribution in [2.24, 2.45) is 0 Å². The van der Waals surface area contributed by atoms with Gasteiger partial charge in [-0.25, -0.2) is 0 Å². The normalized spacial score (nSPS) is 12.4. The van der Waals surface area contributed by atoms with E-state index >= 15 is 0 Å². The Morgan fingerprint density at radius 2 is 0.655 bits per heavy atom. The van der Waals surface area contributed by atoms with E-state index < -0.39 is 6.10 Å². The van der Waals surface area contributed by atoms with Crippen molar-refractivity contribution < 1.29 is 28.6 Å². The van der Waals surface area contributed by atoms with Gasteiger partial charge >= 0.3 is 17.9 Å². The topological polar surface area (TPSA) is 78.9 Å². The zero-order valence-corrected chi connectivity index (χ0v) is 38.3. The number of hydrogen-bond donors (Lipinski definition) is 0. The molecular weight excluding hydrogens is 721 g/mol. The first-order valence-electron chi connectivity index (χ1n) is 24.6. The molecule has 0 aliphatic carbocycles. The van der Waals surface area contributed by atoms with E-state index in [-0.39, 0.29) is 31.1 Å². The smallest absolute Gasteiger partial charge is 0.306 e. The molecule has 1 atom stereocenters. The number of hydrogen-bond acceptors (Lipinski definition) is 6. The Morgan fingerprint density at radius 3 is 1.05 bits per heavy atom. The molecule has 0 bridgehead atoms. The van der Waals surface area contributed by atoms with Gasteiger partial charge in [0, 0.05) is 19.3 Å². The van der Waals surface area contributed by atoms with Crippen LogP contribution in [0, 0.1) is 0 Å². The number of rotatable bonds is 44. The van der Waals surface area contributed by atoms with Crippen LogP contribution in [0.3, 0.4) is 0 Å². The van der Waals surface area contributed by atoms with Crippen LogP contribution in [0.4, 0.5) is 0 Å². The Labute approximate surface area is 358 Å². The third-order valence-corrected chi connectivity index (χ3v) is 10.5. The molecule has 0 aromatic rings. The van der Waals surface area contributed by atoms with Gasteiger partial charge in [-0.15, -0.1) is 0 Å². The van der Waals surface area contributed by atoms with Crippen molar-refractivity contribution in [3.63, 3.8) is 0 Å². The largest absolute Gasteiger partial charge is 0.462 e. The maximum Gasteiger partial charge on any atom is 0.306 e. The van der Waals surface area contributed by atoms with Crippen molar-refractivity contribution in [1.29, 1.82) is 0 Å². The van der Waals surface area contributed by atoms with Crippen LogP contribution in [0.1, 0.15) is 245 Å². The van der Waals surface area contributed by atoms with Crippen molar-refractivity contribution in [3.05, 3.63) is 48.6 Å². The lowest BCUT2D eigenvalue weighted by atomic mass is 10.0. The number of carbonyl (C=O) groups is 3. The second-order valence-corrected chi connectivity index (χ2v) is 16.4. The fraction of sp³-hybridized carbons (Fsp3) is 0.788. The van der Waals surface area contributed by atoms with Gasteiger partial charge in [0.2, 0.25) is 0 Å². The van der Waals surface area contributed by atoms with Crippen molar-refractivity contribution in [3.8, 4) is 0 Å². The van der Waals surface area contributed by atoms with Crippen LogP contribution in [0.5, 0.6) is 0 Å². The molecule has 6 nitrogen and oxygen atoms in total. The molecule has 1 unspecified atom stereocenters. The van der Waals surface area contributed by atoms with E-state index in [1.807, 2.05) is 0 Å². The van der Waals surface area contributed by atoms with Gasteiger partial charge in [0.25, 0.3) is 0 Å². The van der Waals surface area contributed by atoms with Gasteiger partial charge in [0.05, 0.1) is 0 Å². The summed E-state index contributed by atoms with van der Waals surface area (Å²) < 4.78 is 16.7. The maximum absolute atomic E-state index is 12.7. The predicted octanol–water partition coefficient (Wildman–Crippen LogP) is 15.9. The predicted molar refractivity (Wildman–Crippen MR) is 247 cm³/mol. The molecular formula is C52H92O6. The average molecular weight is 813 g/mol. The molecule has 0 fully saturated rings. The number of ether oxygens (including phenoxy) is 3. The SMILES string of the molecule is CCC/C=C\C/C=C\CCCCCCCC(=O)OC(COC(=O)CCCCCCC/C=C\C/C=C\CCCCC)COC(=O)CCCCCCCCCCCCCC. The first-order valence-corrected chi connectivity index (χ1v) is 24.6. The summed E-state index contributed by atoms with van der Waals surface area (Å²) in [5.74, 6) is -0.907. The Balaban J connectivity index is 4.41. The highest BCUT2D eigenvalue weighted by molar-refractivity contribution is 5.71. The molecule has 6 heteroatoms. The molecule has 0 N–H and O–H groups in total. The molecule has 0 aromatic heterocycles. The summed E-state index contributed by atoms with van der Waals surface area (Å²) in [6, 6.07) is 0. The second-order valence-electron chi connectivity index (χ2n) is 16.4. The molecule has 0 saturated carbocycles. The first-order chi connectivity index (χ1) is 28.5. The fourth-order valence-electron chi connectivity index (χ4n) is 6.80. The lowest BCUT2D eigenvalue weighted by Crippen LogP contribution is -2.30. The van der Waals surface area contributed by atoms with Gasteiger partial charge < -0.3 is 14.2 Å². The summed E-state index contributed by atoms with van der Waals surface area (Å²) in [7, 11) is 0. The Hall–Kier alpha value is -2.63. The van der Waals surface area contributed by atoms with Crippen LogP contribution in [-0.4, -0.2) is 37.2 Å². The summed E-state index contributed by atoms with van der Waals surface area (Å²) in [5.41, 5.74) is 0. The van der Waals surface area contributed by atoms with E-state index in [2.05, 4.69) is 69.4 Å². The van der Waals surface area contributed by atoms with Crippen LogP contribution in [0.2, 0.25) is 0 Å². The summed E-state index contributed by atoms with van der Waals surface area (Å²) in [5, 5.41) is 0. The van der Waals surface area contributed by atoms with Crippen LogP contribution in [0.15, 0.2) is 48.6 Å². The molecule has 0 aromatic carbocycles. The molecule has 0 aliphatic rings. The summed E-state index contributed by atoms with van der Waals surface area (Å²) in [6.45, 7) is 6.52. The molecule has 336 valence electrons. The van der Waals surface area contributed by atoms with Gasteiger partial charge in [-0.1, -0.05) is 198 Å². The van der Waals surface area contributed by atoms with Crippen molar-refractivity contribution >= 4 is 17.9 Å². The van der Waals surface area contributed by atoms with Gasteiger partial charge in [-0.05, 0) is 77.0 Å². The number of esters is 3. The van der Waals surface area contributed by atoms with E-state index in [0.717, 1.165) is 109 Å². The van der Waals surface area contributed by atoms with Gasteiger partial charge in [-0.2, -0.15) is 0 Å². The Morgan fingerprint density at radius 1 is 0.345 bits per heavy atom. The summed E-state index contributed by atoms with van der Waals surface area (Å²) >= 11 is 0. The molecule has 0 aliphatic heterocycles. The monoisotopic (exact) mass is 813 g/mol. The van der Waals surface area contributed by atoms with Crippen LogP contribution >= 0.6 is 0 Å². The zero-order valence-electron chi connectivity index (χ0n) is 38.3. The Bertz CT molecular complexity index is 1030. The van der Waals surface area contributed by atoms with Gasteiger partial charge in [0.1, 0.15) is 13.2 Å². The van der Waals surface area contributed by atoms with Crippen molar-refractivity contribution in [1.82, 2.24) is 0 Å². The minimum absolute atomic E-state index is 0.0816. The van der Waals surface area contributed by atoms with Crippen LogP contribution in [0.25, 0.3) is 0 Å². The van der Waals surface area contributed by atoms with Crippen molar-refractivity contribution in [2.45, 2.75) is 252 Å². The number of unbranched alkanes of at least 4 members (excludes halogenated alkanes) is 25. The molecule has 0 amide bonds. The quantitative estimate of drug-likeness (QED) is 0.0264. The lowest BCUT2D eigenvalue weighted by molar-refractivity contribution is -0.167. The van der Waals surface area contributed by atoms with Crippen molar-refractivity contribution in [2.75, 3.05) is 13.2 Å². The standard InChI is InChI=1S/C52H92O6/c1-4-7-10-13-16-19-22-25-26-28-30-33-36-39-42-45-51(54)57-48-49(47-56-50(53)44-41-38-35-32-29-24-21-18-15-12-9-6-3)58-52(55)46-43-40-37-34-31-27-23-20-17-14-11-8-5-2/h11,14,16,19-20,23,25-26,49H,4-10,12-13,15,17-18,21-22,24,27-48H2,1-3H3/b14-11-,19-16-,23-20-,26-25-. The minimum Gasteiger partial charge on any atom is -0.462 e. The van der Waals surface area contributed by atoms with Gasteiger partial charge in [0.15, 0.2) is 6.10 Å². The van der Waals surface area contributed by atoms with E-state index in [9.17, 15) is 14.4 Å². The molecule has 0 saturated heterocycles. The summed E-state index contributed by atoms with van der Waals surface area (Å²) in [6.07, 6.45) is 55.1. The minimum atomic E-state index is -0.782. The fourth-order valence-corrected chi connectivity index (χ4v) is 6.80. The van der Waals surface area contributed by atoms with E-state index in [1.54, 1.807) is 0 Å². The Kier molecular flexibility index (Phi) is 44.9. The number of carbonyl (C=O) groups excluding carboxylic acids is 3. The van der Waals surface area contributed by atoms with Gasteiger partial charge in [-0.3, -0.25) is 14.4 Å². The maximum atomic E-state index is 12.7. The van der Waals surface area contributed by atoms with Crippen LogP contribution < -0.4 is 0 Å². The van der Waals surface area contributed by atoms with Crippen LogP contribution in [-0.2, 0) is 28.6 Å². The zero-order chi connectivity index (χ0) is 42.3. The summed E-state index contributed by atoms with van der Waals surface area (Å²) in [4.78, 5) is 37.9. The molecule has 0 spiro atoms. The van der Waals surface area contributed by atoms with E-state index in [0.29, 0.717) is 19.3 Å².